The van der Waals surface area contributed by atoms with Gasteiger partial charge in [-0.15, -0.1) is 0 Å². The average molecular weight is 417 g/mol. The van der Waals surface area contributed by atoms with Crippen molar-refractivity contribution in [2.75, 3.05) is 57.3 Å². The Balaban J connectivity index is 1.24. The van der Waals surface area contributed by atoms with E-state index in [1.165, 1.54) is 69.4 Å². The number of piperazine rings is 1. The largest absolute Gasteiger partial charge is 0.508 e. The first-order chi connectivity index (χ1) is 14.6. The summed E-state index contributed by atoms with van der Waals surface area (Å²) >= 11 is 0. The first kappa shape index (κ1) is 21.4. The summed E-state index contributed by atoms with van der Waals surface area (Å²) in [4.78, 5) is 18.3. The average Bonchev–Trinajstić information content (AvgIpc) is 2.80. The molecule has 1 aliphatic carbocycles. The van der Waals surface area contributed by atoms with Gasteiger partial charge in [-0.2, -0.15) is 0 Å². The highest BCUT2D eigenvalue weighted by atomic mass is 16.3. The van der Waals surface area contributed by atoms with Crippen molar-refractivity contribution < 1.29 is 19.7 Å². The van der Waals surface area contributed by atoms with Crippen molar-refractivity contribution in [1.29, 1.82) is 0 Å². The van der Waals surface area contributed by atoms with Crippen LogP contribution in [0, 0.1) is 0 Å². The Morgan fingerprint density at radius 1 is 0.933 bits per heavy atom. The molecule has 2 saturated heterocycles. The second kappa shape index (κ2) is 10.0. The van der Waals surface area contributed by atoms with Crippen LogP contribution in [0.15, 0.2) is 24.3 Å². The molecule has 0 atom stereocenters. The van der Waals surface area contributed by atoms with Gasteiger partial charge in [0.25, 0.3) is 5.91 Å². The van der Waals surface area contributed by atoms with Crippen molar-refractivity contribution in [1.82, 2.24) is 5.32 Å². The molecule has 0 aromatic heterocycles. The summed E-state index contributed by atoms with van der Waals surface area (Å²) in [5.41, 5.74) is 1.45. The number of nitrogens with one attached hydrogen (secondary N) is 3. The number of carbonyl (C=O) groups excluding carboxylic acids is 1. The minimum atomic E-state index is 0.226. The lowest BCUT2D eigenvalue weighted by Gasteiger charge is -2.45. The van der Waals surface area contributed by atoms with Crippen LogP contribution in [0.25, 0.3) is 0 Å². The van der Waals surface area contributed by atoms with Gasteiger partial charge < -0.3 is 25.1 Å². The number of amides is 1. The van der Waals surface area contributed by atoms with Crippen LogP contribution in [0.1, 0.15) is 51.4 Å². The van der Waals surface area contributed by atoms with Gasteiger partial charge in [0, 0.05) is 18.5 Å². The quantitative estimate of drug-likeness (QED) is 0.527. The molecule has 4 rings (SSSR count). The molecule has 2 aliphatic heterocycles. The topological polar surface area (TPSA) is 61.5 Å². The molecular formula is C24H40N4O2+2. The Kier molecular flexibility index (Phi) is 7.16. The number of quaternary nitrogens is 2. The molecule has 2 heterocycles. The molecule has 4 N–H and O–H groups in total. The summed E-state index contributed by atoms with van der Waals surface area (Å²) in [5, 5.41) is 12.8. The summed E-state index contributed by atoms with van der Waals surface area (Å²) in [6.07, 6.45) is 10.6. The molecule has 6 nitrogen and oxygen atoms in total. The lowest BCUT2D eigenvalue weighted by Crippen LogP contribution is -3.22. The number of aromatic hydroxyl groups is 1. The number of hydrogen-bond acceptors (Lipinski definition) is 3. The van der Waals surface area contributed by atoms with Crippen molar-refractivity contribution in [3.05, 3.63) is 24.3 Å². The third-order valence-electron chi connectivity index (χ3n) is 7.74. The predicted octanol–water partition coefficient (Wildman–Crippen LogP) is -0.0150. The van der Waals surface area contributed by atoms with Crippen LogP contribution >= 0.6 is 0 Å². The molecule has 30 heavy (non-hydrogen) atoms. The van der Waals surface area contributed by atoms with Crippen LogP contribution in [0.2, 0.25) is 0 Å². The molecule has 1 aromatic carbocycles. The highest BCUT2D eigenvalue weighted by Crippen LogP contribution is 2.26. The Morgan fingerprint density at radius 2 is 1.57 bits per heavy atom. The summed E-state index contributed by atoms with van der Waals surface area (Å²) in [5.74, 6) is 0.534. The van der Waals surface area contributed by atoms with Crippen LogP contribution < -0.4 is 20.0 Å². The molecular weight excluding hydrogens is 376 g/mol. The highest BCUT2D eigenvalue weighted by molar-refractivity contribution is 5.76. The van der Waals surface area contributed by atoms with E-state index in [0.29, 0.717) is 17.8 Å². The lowest BCUT2D eigenvalue weighted by molar-refractivity contribution is -0.957. The zero-order valence-corrected chi connectivity index (χ0v) is 18.4. The van der Waals surface area contributed by atoms with E-state index in [-0.39, 0.29) is 5.91 Å². The SMILES string of the molecule is O=C(C[NH+]1CCN(c2ccc(O)cc2)CC1)NCC1([NH+]2CCCCC2)CCCCC1. The molecule has 0 unspecified atom stereocenters. The molecule has 166 valence electrons. The minimum absolute atomic E-state index is 0.226. The highest BCUT2D eigenvalue weighted by Gasteiger charge is 2.42. The number of phenols is 1. The van der Waals surface area contributed by atoms with Gasteiger partial charge >= 0.3 is 0 Å². The van der Waals surface area contributed by atoms with E-state index >= 15 is 0 Å². The summed E-state index contributed by atoms with van der Waals surface area (Å²) in [7, 11) is 0. The van der Waals surface area contributed by atoms with E-state index in [4.69, 9.17) is 0 Å². The van der Waals surface area contributed by atoms with Gasteiger partial charge in [0.1, 0.15) is 11.3 Å². The second-order valence-corrected chi connectivity index (χ2v) is 9.71. The van der Waals surface area contributed by atoms with Gasteiger partial charge in [-0.05, 0) is 56.4 Å². The minimum Gasteiger partial charge on any atom is -0.508 e. The maximum Gasteiger partial charge on any atom is 0.275 e. The van der Waals surface area contributed by atoms with Gasteiger partial charge in [-0.1, -0.05) is 6.42 Å². The molecule has 3 fully saturated rings. The number of phenolic OH excluding ortho intramolecular Hbond substituents is 1. The third-order valence-corrected chi connectivity index (χ3v) is 7.74. The van der Waals surface area contributed by atoms with Gasteiger partial charge in [0.2, 0.25) is 0 Å². The number of nitrogens with zero attached hydrogens (tertiary/aromatic N) is 1. The molecule has 6 heteroatoms. The summed E-state index contributed by atoms with van der Waals surface area (Å²) in [6.45, 7) is 7.92. The number of likely N-dealkylation sites (tertiary alicyclic amines) is 1. The van der Waals surface area contributed by atoms with Crippen molar-refractivity contribution in [2.24, 2.45) is 0 Å². The zero-order chi connectivity index (χ0) is 20.8. The normalized spacial score (nSPS) is 23.3. The standard InChI is InChI=1S/C24H38N4O2/c29-22-9-7-21(8-10-22)27-17-15-26(16-18-27)19-23(30)25-20-24(11-3-1-4-12-24)28-13-5-2-6-14-28/h7-10,29H,1-6,11-20H2,(H,25,30)/p+2. The van der Waals surface area contributed by atoms with Crippen LogP contribution in [-0.4, -0.2) is 68.9 Å². The van der Waals surface area contributed by atoms with E-state index in [1.54, 1.807) is 17.0 Å². The van der Waals surface area contributed by atoms with E-state index in [1.807, 2.05) is 12.1 Å². The molecule has 0 spiro atoms. The smallest absolute Gasteiger partial charge is 0.275 e. The van der Waals surface area contributed by atoms with Crippen LogP contribution in [0.5, 0.6) is 5.75 Å². The molecule has 3 aliphatic rings. The third kappa shape index (κ3) is 5.27. The van der Waals surface area contributed by atoms with E-state index < -0.39 is 0 Å². The van der Waals surface area contributed by atoms with E-state index in [0.717, 1.165) is 38.4 Å². The maximum atomic E-state index is 12.8. The van der Waals surface area contributed by atoms with Crippen molar-refractivity contribution >= 4 is 11.6 Å². The lowest BCUT2D eigenvalue weighted by atomic mass is 9.79. The number of benzene rings is 1. The number of carbonyl (C=O) groups is 1. The Hall–Kier alpha value is -1.79. The monoisotopic (exact) mass is 416 g/mol. The fourth-order valence-corrected chi connectivity index (χ4v) is 5.87. The van der Waals surface area contributed by atoms with Gasteiger partial charge in [0.05, 0.1) is 45.8 Å². The molecule has 1 saturated carbocycles. The van der Waals surface area contributed by atoms with Crippen molar-refractivity contribution in [2.45, 2.75) is 56.9 Å². The second-order valence-electron chi connectivity index (χ2n) is 9.71. The Bertz CT molecular complexity index is 673. The van der Waals surface area contributed by atoms with Gasteiger partial charge in [-0.25, -0.2) is 0 Å². The first-order valence-electron chi connectivity index (χ1n) is 12.1. The van der Waals surface area contributed by atoms with E-state index in [2.05, 4.69) is 10.2 Å². The Labute approximate surface area is 181 Å². The predicted molar refractivity (Wildman–Crippen MR) is 119 cm³/mol. The number of rotatable bonds is 6. The fourth-order valence-electron chi connectivity index (χ4n) is 5.87. The number of anilines is 1. The number of hydrogen-bond donors (Lipinski definition) is 4. The fraction of sp³-hybridized carbons (Fsp3) is 0.708. The van der Waals surface area contributed by atoms with Crippen LogP contribution in [0.3, 0.4) is 0 Å². The van der Waals surface area contributed by atoms with E-state index in [9.17, 15) is 9.90 Å². The first-order valence-corrected chi connectivity index (χ1v) is 12.1. The molecule has 1 aromatic rings. The summed E-state index contributed by atoms with van der Waals surface area (Å²) in [6, 6.07) is 7.43. The maximum absolute atomic E-state index is 12.8. The van der Waals surface area contributed by atoms with Gasteiger partial charge in [-0.3, -0.25) is 4.79 Å². The Morgan fingerprint density at radius 3 is 2.23 bits per heavy atom. The molecule has 0 radical (unpaired) electrons. The van der Waals surface area contributed by atoms with Crippen LogP contribution in [0.4, 0.5) is 5.69 Å². The molecule has 1 amide bonds. The van der Waals surface area contributed by atoms with Crippen molar-refractivity contribution in [3.63, 3.8) is 0 Å². The number of piperidine rings is 1. The summed E-state index contributed by atoms with van der Waals surface area (Å²) < 4.78 is 0. The zero-order valence-electron chi connectivity index (χ0n) is 18.4. The van der Waals surface area contributed by atoms with Crippen LogP contribution in [-0.2, 0) is 4.79 Å². The van der Waals surface area contributed by atoms with Crippen molar-refractivity contribution in [3.8, 4) is 5.75 Å². The molecule has 0 bridgehead atoms. The van der Waals surface area contributed by atoms with Gasteiger partial charge in [0.15, 0.2) is 6.54 Å².